The quantitative estimate of drug-likeness (QED) is 0.664. The SMILES string of the molecule is Oc1[nH]c2ccc(Br)cc2c1C=NCCc1ccc(F)cc1. The Morgan fingerprint density at radius 1 is 1.18 bits per heavy atom. The van der Waals surface area contributed by atoms with Gasteiger partial charge >= 0.3 is 0 Å². The fourth-order valence-electron chi connectivity index (χ4n) is 2.30. The van der Waals surface area contributed by atoms with Crippen LogP contribution in [-0.4, -0.2) is 22.8 Å². The molecule has 0 fully saturated rings. The molecule has 0 aliphatic heterocycles. The predicted molar refractivity (Wildman–Crippen MR) is 90.2 cm³/mol. The normalized spacial score (nSPS) is 11.5. The smallest absolute Gasteiger partial charge is 0.198 e. The van der Waals surface area contributed by atoms with Crippen LogP contribution >= 0.6 is 15.9 Å². The lowest BCUT2D eigenvalue weighted by Gasteiger charge is -1.98. The van der Waals surface area contributed by atoms with Crippen LogP contribution in [0.2, 0.25) is 0 Å². The highest BCUT2D eigenvalue weighted by atomic mass is 79.9. The Morgan fingerprint density at radius 3 is 2.73 bits per heavy atom. The molecule has 0 amide bonds. The number of halogens is 2. The summed E-state index contributed by atoms with van der Waals surface area (Å²) in [5.74, 6) is -0.125. The number of nitrogens with zero attached hydrogens (tertiary/aromatic N) is 1. The van der Waals surface area contributed by atoms with E-state index in [1.54, 1.807) is 18.3 Å². The van der Waals surface area contributed by atoms with E-state index in [-0.39, 0.29) is 11.7 Å². The maximum atomic E-state index is 12.8. The Hall–Kier alpha value is -2.14. The molecule has 2 aromatic carbocycles. The predicted octanol–water partition coefficient (Wildman–Crippen LogP) is 4.44. The van der Waals surface area contributed by atoms with Crippen LogP contribution in [0, 0.1) is 5.82 Å². The van der Waals surface area contributed by atoms with Crippen LogP contribution in [0.3, 0.4) is 0 Å². The van der Waals surface area contributed by atoms with E-state index in [4.69, 9.17) is 0 Å². The first kappa shape index (κ1) is 14.8. The average molecular weight is 361 g/mol. The van der Waals surface area contributed by atoms with Crippen LogP contribution in [0.5, 0.6) is 5.88 Å². The molecule has 22 heavy (non-hydrogen) atoms. The first-order valence-electron chi connectivity index (χ1n) is 6.88. The van der Waals surface area contributed by atoms with Gasteiger partial charge in [0.25, 0.3) is 0 Å². The first-order valence-corrected chi connectivity index (χ1v) is 7.67. The van der Waals surface area contributed by atoms with Crippen molar-refractivity contribution in [2.75, 3.05) is 6.54 Å². The topological polar surface area (TPSA) is 48.4 Å². The standard InChI is InChI=1S/C17H14BrFN2O/c18-12-3-6-16-14(9-12)15(17(22)21-16)10-20-8-7-11-1-4-13(19)5-2-11/h1-6,9-10,21-22H,7-8H2. The van der Waals surface area contributed by atoms with Gasteiger partial charge in [0.1, 0.15) is 5.82 Å². The first-order chi connectivity index (χ1) is 10.6. The second-order valence-corrected chi connectivity index (χ2v) is 5.90. The summed E-state index contributed by atoms with van der Waals surface area (Å²) in [6.07, 6.45) is 2.40. The highest BCUT2D eigenvalue weighted by Crippen LogP contribution is 2.28. The number of aromatic hydroxyl groups is 1. The molecule has 5 heteroatoms. The van der Waals surface area contributed by atoms with E-state index in [1.165, 1.54) is 12.1 Å². The van der Waals surface area contributed by atoms with Gasteiger partial charge in [-0.3, -0.25) is 4.99 Å². The number of hydrogen-bond acceptors (Lipinski definition) is 2. The van der Waals surface area contributed by atoms with Gasteiger partial charge in [-0.25, -0.2) is 4.39 Å². The molecule has 0 aliphatic carbocycles. The largest absolute Gasteiger partial charge is 0.494 e. The molecule has 0 saturated carbocycles. The van der Waals surface area contributed by atoms with Crippen molar-refractivity contribution >= 4 is 33.0 Å². The van der Waals surface area contributed by atoms with Crippen molar-refractivity contribution in [3.63, 3.8) is 0 Å². The zero-order valence-electron chi connectivity index (χ0n) is 11.7. The summed E-state index contributed by atoms with van der Waals surface area (Å²) in [5, 5.41) is 10.9. The number of nitrogens with one attached hydrogen (secondary N) is 1. The Kier molecular flexibility index (Phi) is 4.24. The van der Waals surface area contributed by atoms with Gasteiger partial charge in [0.15, 0.2) is 5.88 Å². The number of benzene rings is 2. The van der Waals surface area contributed by atoms with E-state index in [0.717, 1.165) is 27.4 Å². The molecule has 0 spiro atoms. The molecule has 0 unspecified atom stereocenters. The van der Waals surface area contributed by atoms with E-state index < -0.39 is 0 Å². The molecular formula is C17H14BrFN2O. The Morgan fingerprint density at radius 2 is 1.95 bits per heavy atom. The van der Waals surface area contributed by atoms with Gasteiger partial charge in [-0.15, -0.1) is 0 Å². The van der Waals surface area contributed by atoms with Crippen molar-refractivity contribution in [3.05, 3.63) is 63.9 Å². The summed E-state index contributed by atoms with van der Waals surface area (Å²) in [7, 11) is 0. The molecule has 3 aromatic rings. The van der Waals surface area contributed by atoms with Crippen LogP contribution in [0.1, 0.15) is 11.1 Å². The molecule has 112 valence electrons. The molecule has 3 nitrogen and oxygen atoms in total. The second-order valence-electron chi connectivity index (χ2n) is 4.99. The minimum absolute atomic E-state index is 0.110. The maximum Gasteiger partial charge on any atom is 0.198 e. The molecule has 0 atom stereocenters. The Balaban J connectivity index is 1.74. The maximum absolute atomic E-state index is 12.8. The van der Waals surface area contributed by atoms with Crippen molar-refractivity contribution in [2.45, 2.75) is 6.42 Å². The third-order valence-corrected chi connectivity index (χ3v) is 3.94. The zero-order chi connectivity index (χ0) is 15.5. The third kappa shape index (κ3) is 3.20. The minimum atomic E-state index is -0.235. The summed E-state index contributed by atoms with van der Waals surface area (Å²) < 4.78 is 13.8. The second kappa shape index (κ2) is 6.32. The number of aromatic amines is 1. The monoisotopic (exact) mass is 360 g/mol. The van der Waals surface area contributed by atoms with Crippen LogP contribution in [0.25, 0.3) is 10.9 Å². The van der Waals surface area contributed by atoms with Gasteiger partial charge in [0, 0.05) is 28.1 Å². The minimum Gasteiger partial charge on any atom is -0.494 e. The fraction of sp³-hybridized carbons (Fsp3) is 0.118. The van der Waals surface area contributed by atoms with Gasteiger partial charge in [-0.1, -0.05) is 28.1 Å². The molecule has 0 aliphatic rings. The lowest BCUT2D eigenvalue weighted by molar-refractivity contribution is 0.457. The number of rotatable bonds is 4. The molecule has 3 rings (SSSR count). The molecule has 0 bridgehead atoms. The number of hydrogen-bond donors (Lipinski definition) is 2. The van der Waals surface area contributed by atoms with Crippen molar-refractivity contribution in [1.29, 1.82) is 0 Å². The van der Waals surface area contributed by atoms with E-state index >= 15 is 0 Å². The van der Waals surface area contributed by atoms with Crippen LogP contribution in [0.4, 0.5) is 4.39 Å². The molecule has 2 N–H and O–H groups in total. The van der Waals surface area contributed by atoms with Gasteiger partial charge in [-0.2, -0.15) is 0 Å². The number of aliphatic imine (C=N–C) groups is 1. The van der Waals surface area contributed by atoms with E-state index in [2.05, 4.69) is 25.9 Å². The van der Waals surface area contributed by atoms with Crippen LogP contribution in [-0.2, 0) is 6.42 Å². The van der Waals surface area contributed by atoms with E-state index in [0.29, 0.717) is 12.1 Å². The third-order valence-electron chi connectivity index (χ3n) is 3.44. The van der Waals surface area contributed by atoms with Crippen molar-refractivity contribution in [2.24, 2.45) is 4.99 Å². The van der Waals surface area contributed by atoms with Crippen molar-refractivity contribution in [3.8, 4) is 5.88 Å². The fourth-order valence-corrected chi connectivity index (χ4v) is 2.66. The Bertz CT molecular complexity index is 825. The number of aromatic nitrogens is 1. The highest BCUT2D eigenvalue weighted by Gasteiger charge is 2.08. The highest BCUT2D eigenvalue weighted by molar-refractivity contribution is 9.10. The van der Waals surface area contributed by atoms with Gasteiger partial charge < -0.3 is 10.1 Å². The van der Waals surface area contributed by atoms with Gasteiger partial charge in [0.05, 0.1) is 5.56 Å². The van der Waals surface area contributed by atoms with Crippen LogP contribution in [0.15, 0.2) is 51.9 Å². The lowest BCUT2D eigenvalue weighted by Crippen LogP contribution is -1.91. The average Bonchev–Trinajstić information content (AvgIpc) is 2.81. The van der Waals surface area contributed by atoms with Gasteiger partial charge in [0.2, 0.25) is 0 Å². The summed E-state index contributed by atoms with van der Waals surface area (Å²) >= 11 is 3.42. The summed E-state index contributed by atoms with van der Waals surface area (Å²) in [5.41, 5.74) is 2.57. The number of H-pyrrole nitrogens is 1. The van der Waals surface area contributed by atoms with E-state index in [9.17, 15) is 9.50 Å². The number of fused-ring (bicyclic) bond motifs is 1. The van der Waals surface area contributed by atoms with Crippen LogP contribution < -0.4 is 0 Å². The molecule has 0 radical (unpaired) electrons. The summed E-state index contributed by atoms with van der Waals surface area (Å²) in [4.78, 5) is 7.28. The zero-order valence-corrected chi connectivity index (χ0v) is 13.3. The molecule has 0 saturated heterocycles. The summed E-state index contributed by atoms with van der Waals surface area (Å²) in [6, 6.07) is 12.1. The molecule has 1 heterocycles. The molecule has 1 aromatic heterocycles. The van der Waals surface area contributed by atoms with Crippen molar-refractivity contribution in [1.82, 2.24) is 4.98 Å². The summed E-state index contributed by atoms with van der Waals surface area (Å²) in [6.45, 7) is 0.575. The Labute approximate surface area is 135 Å². The van der Waals surface area contributed by atoms with Crippen molar-refractivity contribution < 1.29 is 9.50 Å². The van der Waals surface area contributed by atoms with Gasteiger partial charge in [-0.05, 0) is 42.3 Å². The lowest BCUT2D eigenvalue weighted by atomic mass is 10.1. The molecular weight excluding hydrogens is 347 g/mol. The van der Waals surface area contributed by atoms with E-state index in [1.807, 2.05) is 18.2 Å².